The third-order valence-corrected chi connectivity index (χ3v) is 10.9. The zero-order chi connectivity index (χ0) is 33.9. The van der Waals surface area contributed by atoms with Crippen LogP contribution in [0.5, 0.6) is 0 Å². The molecule has 242 valence electrons. The molecular weight excluding hydrogens is 637 g/mol. The minimum absolute atomic E-state index is 0.892. The van der Waals surface area contributed by atoms with Gasteiger partial charge in [-0.15, -0.1) is 0 Å². The maximum absolute atomic E-state index is 6.34. The molecule has 12 aromatic rings. The van der Waals surface area contributed by atoms with Gasteiger partial charge in [-0.3, -0.25) is 0 Å². The van der Waals surface area contributed by atoms with E-state index in [4.69, 9.17) is 8.83 Å². The van der Waals surface area contributed by atoms with Gasteiger partial charge in [0, 0.05) is 60.5 Å². The summed E-state index contributed by atoms with van der Waals surface area (Å²) in [6.45, 7) is 0. The minimum Gasteiger partial charge on any atom is -0.456 e. The van der Waals surface area contributed by atoms with Gasteiger partial charge in [0.2, 0.25) is 0 Å². The summed E-state index contributed by atoms with van der Waals surface area (Å²) in [6, 6.07) is 60.7. The molecule has 0 saturated heterocycles. The van der Waals surface area contributed by atoms with Crippen LogP contribution in [0.25, 0.3) is 110 Å². The van der Waals surface area contributed by atoms with Crippen molar-refractivity contribution in [1.82, 2.24) is 9.13 Å². The standard InChI is InChI=1S/C48H28N2O2/c1-5-13-39-36(11-1)47-41(49(39)31-20-17-29(18-21-31)30-19-26-45-38(27-30)34-10-4-8-16-44(34)51-45)24-25-42-48(47)37-12-2-6-14-40(37)50(42)32-22-23-35-33-9-3-7-15-43(33)52-46(35)28-32/h1-28H. The fourth-order valence-corrected chi connectivity index (χ4v) is 8.64. The molecule has 8 aromatic carbocycles. The molecule has 4 heteroatoms. The first kappa shape index (κ1) is 27.7. The Kier molecular flexibility index (Phi) is 5.47. The Balaban J connectivity index is 1.06. The fourth-order valence-electron chi connectivity index (χ4n) is 8.64. The Bertz CT molecular complexity index is 3410. The van der Waals surface area contributed by atoms with Crippen LogP contribution < -0.4 is 0 Å². The van der Waals surface area contributed by atoms with E-state index >= 15 is 0 Å². The van der Waals surface area contributed by atoms with Crippen molar-refractivity contribution >= 4 is 87.5 Å². The summed E-state index contributed by atoms with van der Waals surface area (Å²) in [7, 11) is 0. The molecule has 0 N–H and O–H groups in total. The Morgan fingerprint density at radius 2 is 0.769 bits per heavy atom. The second kappa shape index (κ2) is 10.3. The maximum Gasteiger partial charge on any atom is 0.137 e. The number of hydrogen-bond acceptors (Lipinski definition) is 2. The minimum atomic E-state index is 0.892. The van der Waals surface area contributed by atoms with Gasteiger partial charge >= 0.3 is 0 Å². The molecule has 4 heterocycles. The number of furan rings is 2. The largest absolute Gasteiger partial charge is 0.456 e. The molecule has 0 aliphatic rings. The fraction of sp³-hybridized carbons (Fsp3) is 0. The van der Waals surface area contributed by atoms with Crippen molar-refractivity contribution < 1.29 is 8.83 Å². The van der Waals surface area contributed by atoms with Crippen LogP contribution in [0.15, 0.2) is 179 Å². The van der Waals surface area contributed by atoms with Crippen molar-refractivity contribution in [3.8, 4) is 22.5 Å². The van der Waals surface area contributed by atoms with Gasteiger partial charge in [0.05, 0.1) is 22.1 Å². The molecule has 0 bridgehead atoms. The summed E-state index contributed by atoms with van der Waals surface area (Å²) in [5.74, 6) is 0. The highest BCUT2D eigenvalue weighted by molar-refractivity contribution is 6.29. The molecule has 0 fully saturated rings. The lowest BCUT2D eigenvalue weighted by Gasteiger charge is -2.10. The van der Waals surface area contributed by atoms with E-state index in [-0.39, 0.29) is 0 Å². The Morgan fingerprint density at radius 3 is 1.44 bits per heavy atom. The number of fused-ring (bicyclic) bond motifs is 13. The second-order valence-corrected chi connectivity index (χ2v) is 13.7. The predicted molar refractivity (Wildman–Crippen MR) is 215 cm³/mol. The lowest BCUT2D eigenvalue weighted by atomic mass is 10.0. The van der Waals surface area contributed by atoms with E-state index in [0.717, 1.165) is 55.3 Å². The molecule has 4 nitrogen and oxygen atoms in total. The monoisotopic (exact) mass is 664 g/mol. The summed E-state index contributed by atoms with van der Waals surface area (Å²) >= 11 is 0. The van der Waals surface area contributed by atoms with E-state index in [2.05, 4.69) is 155 Å². The highest BCUT2D eigenvalue weighted by Gasteiger charge is 2.21. The first-order chi connectivity index (χ1) is 25.8. The van der Waals surface area contributed by atoms with E-state index in [1.807, 2.05) is 24.3 Å². The van der Waals surface area contributed by atoms with E-state index in [1.54, 1.807) is 0 Å². The zero-order valence-electron chi connectivity index (χ0n) is 27.9. The van der Waals surface area contributed by atoms with Crippen molar-refractivity contribution in [2.75, 3.05) is 0 Å². The van der Waals surface area contributed by atoms with E-state index in [1.165, 1.54) is 54.7 Å². The third kappa shape index (κ3) is 3.75. The molecule has 0 spiro atoms. The molecular formula is C48H28N2O2. The van der Waals surface area contributed by atoms with E-state index < -0.39 is 0 Å². The lowest BCUT2D eigenvalue weighted by molar-refractivity contribution is 0.668. The average Bonchev–Trinajstić information content (AvgIpc) is 3.95. The number of rotatable bonds is 3. The van der Waals surface area contributed by atoms with Gasteiger partial charge in [-0.25, -0.2) is 0 Å². The molecule has 0 aliphatic carbocycles. The summed E-state index contributed by atoms with van der Waals surface area (Å²) in [5, 5.41) is 9.53. The molecule has 4 aromatic heterocycles. The summed E-state index contributed by atoms with van der Waals surface area (Å²) in [5.41, 5.74) is 12.9. The number of para-hydroxylation sites is 4. The first-order valence-electron chi connectivity index (χ1n) is 17.7. The van der Waals surface area contributed by atoms with Crippen molar-refractivity contribution in [1.29, 1.82) is 0 Å². The summed E-state index contributed by atoms with van der Waals surface area (Å²) in [6.07, 6.45) is 0. The number of benzene rings is 8. The molecule has 0 amide bonds. The summed E-state index contributed by atoms with van der Waals surface area (Å²) in [4.78, 5) is 0. The van der Waals surface area contributed by atoms with Gasteiger partial charge in [0.1, 0.15) is 22.3 Å². The molecule has 0 radical (unpaired) electrons. The molecule has 0 aliphatic heterocycles. The van der Waals surface area contributed by atoms with E-state index in [0.29, 0.717) is 0 Å². The lowest BCUT2D eigenvalue weighted by Crippen LogP contribution is -1.95. The zero-order valence-corrected chi connectivity index (χ0v) is 27.9. The number of nitrogens with zero attached hydrogens (tertiary/aromatic N) is 2. The van der Waals surface area contributed by atoms with Crippen LogP contribution in [0, 0.1) is 0 Å². The van der Waals surface area contributed by atoms with Crippen molar-refractivity contribution in [2.45, 2.75) is 0 Å². The molecule has 0 saturated carbocycles. The van der Waals surface area contributed by atoms with Crippen molar-refractivity contribution in [2.24, 2.45) is 0 Å². The van der Waals surface area contributed by atoms with Crippen LogP contribution in [-0.2, 0) is 0 Å². The van der Waals surface area contributed by atoms with Crippen LogP contribution >= 0.6 is 0 Å². The van der Waals surface area contributed by atoms with Crippen molar-refractivity contribution in [3.63, 3.8) is 0 Å². The van der Waals surface area contributed by atoms with Crippen LogP contribution in [0.4, 0.5) is 0 Å². The quantitative estimate of drug-likeness (QED) is 0.188. The number of aromatic nitrogens is 2. The van der Waals surface area contributed by atoms with Crippen LogP contribution in [0.3, 0.4) is 0 Å². The van der Waals surface area contributed by atoms with Gasteiger partial charge in [-0.2, -0.15) is 0 Å². The molecule has 0 unspecified atom stereocenters. The molecule has 0 atom stereocenters. The Morgan fingerprint density at radius 1 is 0.288 bits per heavy atom. The number of hydrogen-bond donors (Lipinski definition) is 0. The first-order valence-corrected chi connectivity index (χ1v) is 17.7. The average molecular weight is 665 g/mol. The highest BCUT2D eigenvalue weighted by atomic mass is 16.3. The second-order valence-electron chi connectivity index (χ2n) is 13.7. The normalized spacial score (nSPS) is 12.2. The van der Waals surface area contributed by atoms with Gasteiger partial charge in [-0.05, 0) is 83.9 Å². The predicted octanol–water partition coefficient (Wildman–Crippen LogP) is 13.3. The molecule has 52 heavy (non-hydrogen) atoms. The van der Waals surface area contributed by atoms with Gasteiger partial charge in [0.25, 0.3) is 0 Å². The summed E-state index contributed by atoms with van der Waals surface area (Å²) < 4.78 is 17.2. The topological polar surface area (TPSA) is 36.1 Å². The Hall–Kier alpha value is -7.04. The maximum atomic E-state index is 6.34. The van der Waals surface area contributed by atoms with E-state index in [9.17, 15) is 0 Å². The smallest absolute Gasteiger partial charge is 0.137 e. The van der Waals surface area contributed by atoms with Gasteiger partial charge in [0.15, 0.2) is 0 Å². The molecule has 12 rings (SSSR count). The SMILES string of the molecule is c1ccc2c(c1)oc1cc(-n3c4ccccc4c4c5c6ccccc6n(-c6ccc(-c7ccc8oc9ccccc9c8c7)cc6)c5ccc43)ccc12. The Labute approximate surface area is 296 Å². The van der Waals surface area contributed by atoms with Crippen LogP contribution in [0.1, 0.15) is 0 Å². The van der Waals surface area contributed by atoms with Gasteiger partial charge < -0.3 is 18.0 Å². The van der Waals surface area contributed by atoms with Gasteiger partial charge in [-0.1, -0.05) is 91.0 Å². The van der Waals surface area contributed by atoms with Crippen LogP contribution in [-0.4, -0.2) is 9.13 Å². The highest BCUT2D eigenvalue weighted by Crippen LogP contribution is 2.43. The van der Waals surface area contributed by atoms with Crippen molar-refractivity contribution in [3.05, 3.63) is 170 Å². The van der Waals surface area contributed by atoms with Crippen LogP contribution in [0.2, 0.25) is 0 Å². The third-order valence-electron chi connectivity index (χ3n) is 10.9.